The molecule has 1 fully saturated rings. The molecule has 1 saturated heterocycles. The third-order valence-corrected chi connectivity index (χ3v) is 3.44. The molecule has 3 amide bonds. The topological polar surface area (TPSA) is 87.5 Å². The van der Waals surface area contributed by atoms with E-state index in [2.05, 4.69) is 22.5 Å². The Kier molecular flexibility index (Phi) is 6.24. The molecule has 19 heavy (non-hydrogen) atoms. The molecule has 4 N–H and O–H groups in total. The SMILES string of the molecule is CCC1CN(CC(=O)NC(=O)NC(C)C)CCC1N. The molecule has 6 heteroatoms. The van der Waals surface area contributed by atoms with Gasteiger partial charge < -0.3 is 11.1 Å². The number of carbonyl (C=O) groups excluding carboxylic acids is 2. The van der Waals surface area contributed by atoms with Gasteiger partial charge in [-0.05, 0) is 26.2 Å². The lowest BCUT2D eigenvalue weighted by molar-refractivity contribution is -0.121. The number of urea groups is 1. The average molecular weight is 270 g/mol. The number of nitrogens with one attached hydrogen (secondary N) is 2. The minimum atomic E-state index is -0.430. The van der Waals surface area contributed by atoms with Crippen molar-refractivity contribution in [3.63, 3.8) is 0 Å². The number of piperidine rings is 1. The van der Waals surface area contributed by atoms with Crippen LogP contribution in [0.15, 0.2) is 0 Å². The van der Waals surface area contributed by atoms with Gasteiger partial charge in [0.05, 0.1) is 6.54 Å². The van der Waals surface area contributed by atoms with Crippen LogP contribution in [-0.2, 0) is 4.79 Å². The summed E-state index contributed by atoms with van der Waals surface area (Å²) >= 11 is 0. The molecule has 0 aromatic heterocycles. The van der Waals surface area contributed by atoms with Crippen LogP contribution in [0, 0.1) is 5.92 Å². The van der Waals surface area contributed by atoms with E-state index in [4.69, 9.17) is 5.73 Å². The summed E-state index contributed by atoms with van der Waals surface area (Å²) in [5, 5.41) is 4.97. The summed E-state index contributed by atoms with van der Waals surface area (Å²) in [6.45, 7) is 7.72. The standard InChI is InChI=1S/C13H26N4O2/c1-4-10-7-17(6-5-11(10)14)8-12(18)16-13(19)15-9(2)3/h9-11H,4-8,14H2,1-3H3,(H2,15,16,18,19). The van der Waals surface area contributed by atoms with Crippen LogP contribution >= 0.6 is 0 Å². The van der Waals surface area contributed by atoms with Crippen molar-refractivity contribution in [2.24, 2.45) is 11.7 Å². The maximum absolute atomic E-state index is 11.7. The average Bonchev–Trinajstić information content (AvgIpc) is 2.30. The van der Waals surface area contributed by atoms with Gasteiger partial charge in [-0.15, -0.1) is 0 Å². The van der Waals surface area contributed by atoms with E-state index in [0.717, 1.165) is 25.9 Å². The summed E-state index contributed by atoms with van der Waals surface area (Å²) in [7, 11) is 0. The highest BCUT2D eigenvalue weighted by Crippen LogP contribution is 2.17. The first-order valence-corrected chi connectivity index (χ1v) is 7.00. The Labute approximate surface area is 115 Å². The molecule has 2 unspecified atom stereocenters. The van der Waals surface area contributed by atoms with Gasteiger partial charge in [-0.2, -0.15) is 0 Å². The Bertz CT molecular complexity index is 320. The number of hydrogen-bond donors (Lipinski definition) is 3. The van der Waals surface area contributed by atoms with Crippen LogP contribution in [0.2, 0.25) is 0 Å². The molecule has 1 aliphatic rings. The third kappa shape index (κ3) is 5.57. The first-order chi connectivity index (χ1) is 8.92. The highest BCUT2D eigenvalue weighted by Gasteiger charge is 2.26. The van der Waals surface area contributed by atoms with Crippen LogP contribution in [0.3, 0.4) is 0 Å². The number of nitrogens with zero attached hydrogens (tertiary/aromatic N) is 1. The number of rotatable bonds is 4. The van der Waals surface area contributed by atoms with Gasteiger partial charge in [0.15, 0.2) is 0 Å². The zero-order valence-electron chi connectivity index (χ0n) is 12.1. The van der Waals surface area contributed by atoms with Gasteiger partial charge in [0.25, 0.3) is 0 Å². The Morgan fingerprint density at radius 1 is 1.42 bits per heavy atom. The van der Waals surface area contributed by atoms with Crippen molar-refractivity contribution in [2.75, 3.05) is 19.6 Å². The van der Waals surface area contributed by atoms with E-state index in [0.29, 0.717) is 5.92 Å². The van der Waals surface area contributed by atoms with E-state index in [9.17, 15) is 9.59 Å². The Balaban J connectivity index is 2.34. The van der Waals surface area contributed by atoms with E-state index < -0.39 is 6.03 Å². The van der Waals surface area contributed by atoms with Crippen LogP contribution in [0.4, 0.5) is 4.79 Å². The molecular formula is C13H26N4O2. The molecule has 1 heterocycles. The first-order valence-electron chi connectivity index (χ1n) is 7.00. The minimum absolute atomic E-state index is 0.0188. The second-order valence-corrected chi connectivity index (χ2v) is 5.53. The Hall–Kier alpha value is -1.14. The lowest BCUT2D eigenvalue weighted by atomic mass is 9.91. The normalized spacial score (nSPS) is 24.3. The minimum Gasteiger partial charge on any atom is -0.336 e. The predicted octanol–water partition coefficient (Wildman–Crippen LogP) is 0.280. The van der Waals surface area contributed by atoms with E-state index in [1.165, 1.54) is 0 Å². The van der Waals surface area contributed by atoms with Crippen molar-refractivity contribution in [3.8, 4) is 0 Å². The molecule has 0 bridgehead atoms. The molecule has 0 aromatic rings. The molecule has 0 aliphatic carbocycles. The summed E-state index contributed by atoms with van der Waals surface area (Å²) in [5.41, 5.74) is 6.03. The Morgan fingerprint density at radius 3 is 2.68 bits per heavy atom. The molecule has 6 nitrogen and oxygen atoms in total. The summed E-state index contributed by atoms with van der Waals surface area (Å²) in [6.07, 6.45) is 1.93. The van der Waals surface area contributed by atoms with Crippen molar-refractivity contribution in [3.05, 3.63) is 0 Å². The molecule has 0 aromatic carbocycles. The van der Waals surface area contributed by atoms with E-state index in [1.54, 1.807) is 0 Å². The zero-order chi connectivity index (χ0) is 14.4. The number of nitrogens with two attached hydrogens (primary N) is 1. The number of imide groups is 1. The van der Waals surface area contributed by atoms with Crippen molar-refractivity contribution in [1.82, 2.24) is 15.5 Å². The van der Waals surface area contributed by atoms with Gasteiger partial charge in [-0.3, -0.25) is 15.0 Å². The number of likely N-dealkylation sites (tertiary alicyclic amines) is 1. The summed E-state index contributed by atoms with van der Waals surface area (Å²) < 4.78 is 0. The fourth-order valence-corrected chi connectivity index (χ4v) is 2.37. The van der Waals surface area contributed by atoms with Gasteiger partial charge in [0.2, 0.25) is 5.91 Å². The van der Waals surface area contributed by atoms with Crippen LogP contribution in [0.1, 0.15) is 33.6 Å². The highest BCUT2D eigenvalue weighted by atomic mass is 16.2. The smallest absolute Gasteiger partial charge is 0.321 e. The van der Waals surface area contributed by atoms with Crippen LogP contribution in [0.5, 0.6) is 0 Å². The zero-order valence-corrected chi connectivity index (χ0v) is 12.1. The second-order valence-electron chi connectivity index (χ2n) is 5.53. The highest BCUT2D eigenvalue weighted by molar-refractivity contribution is 5.95. The molecule has 0 radical (unpaired) electrons. The monoisotopic (exact) mass is 270 g/mol. The van der Waals surface area contributed by atoms with Crippen molar-refractivity contribution in [2.45, 2.75) is 45.7 Å². The molecule has 2 atom stereocenters. The maximum Gasteiger partial charge on any atom is 0.321 e. The summed E-state index contributed by atoms with van der Waals surface area (Å²) in [5.74, 6) is 0.175. The van der Waals surface area contributed by atoms with E-state index in [1.807, 2.05) is 13.8 Å². The lowest BCUT2D eigenvalue weighted by Crippen LogP contribution is -2.51. The number of amides is 3. The number of carbonyl (C=O) groups is 2. The fourth-order valence-electron chi connectivity index (χ4n) is 2.37. The summed E-state index contributed by atoms with van der Waals surface area (Å²) in [4.78, 5) is 25.2. The quantitative estimate of drug-likeness (QED) is 0.685. The maximum atomic E-state index is 11.7. The van der Waals surface area contributed by atoms with Crippen molar-refractivity contribution >= 4 is 11.9 Å². The van der Waals surface area contributed by atoms with Crippen LogP contribution in [0.25, 0.3) is 0 Å². The Morgan fingerprint density at radius 2 is 2.11 bits per heavy atom. The first kappa shape index (κ1) is 15.9. The van der Waals surface area contributed by atoms with Gasteiger partial charge in [0, 0.05) is 25.2 Å². The molecule has 0 saturated carbocycles. The molecule has 1 aliphatic heterocycles. The van der Waals surface area contributed by atoms with Crippen LogP contribution in [-0.4, -0.2) is 48.6 Å². The second kappa shape index (κ2) is 7.45. The molecular weight excluding hydrogens is 244 g/mol. The van der Waals surface area contributed by atoms with E-state index >= 15 is 0 Å². The molecule has 110 valence electrons. The lowest BCUT2D eigenvalue weighted by Gasteiger charge is -2.36. The van der Waals surface area contributed by atoms with Crippen LogP contribution < -0.4 is 16.4 Å². The van der Waals surface area contributed by atoms with Crippen molar-refractivity contribution < 1.29 is 9.59 Å². The van der Waals surface area contributed by atoms with Gasteiger partial charge in [-0.1, -0.05) is 13.3 Å². The summed E-state index contributed by atoms with van der Waals surface area (Å²) in [6, 6.07) is -0.181. The van der Waals surface area contributed by atoms with Gasteiger partial charge >= 0.3 is 6.03 Å². The number of hydrogen-bond acceptors (Lipinski definition) is 4. The van der Waals surface area contributed by atoms with Crippen molar-refractivity contribution in [1.29, 1.82) is 0 Å². The fraction of sp³-hybridized carbons (Fsp3) is 0.846. The largest absolute Gasteiger partial charge is 0.336 e. The van der Waals surface area contributed by atoms with Gasteiger partial charge in [-0.25, -0.2) is 4.79 Å². The predicted molar refractivity (Wildman–Crippen MR) is 74.6 cm³/mol. The van der Waals surface area contributed by atoms with Gasteiger partial charge in [0.1, 0.15) is 0 Å². The molecule has 1 rings (SSSR count). The third-order valence-electron chi connectivity index (χ3n) is 3.44. The molecule has 0 spiro atoms. The van der Waals surface area contributed by atoms with E-state index in [-0.39, 0.29) is 24.5 Å².